The van der Waals surface area contributed by atoms with Gasteiger partial charge in [-0.2, -0.15) is 0 Å². The topological polar surface area (TPSA) is 75.6 Å². The van der Waals surface area contributed by atoms with E-state index in [1.165, 1.54) is 0 Å². The molecule has 0 aliphatic carbocycles. The van der Waals surface area contributed by atoms with Crippen LogP contribution in [0.1, 0.15) is 43.1 Å². The lowest BCUT2D eigenvalue weighted by Gasteiger charge is -2.19. The fourth-order valence-electron chi connectivity index (χ4n) is 1.53. The average molecular weight is 291 g/mol. The number of nitrogens with one attached hydrogen (secondary N) is 1. The van der Waals surface area contributed by atoms with E-state index in [0.29, 0.717) is 13.0 Å². The Morgan fingerprint density at radius 1 is 1.24 bits per heavy atom. The van der Waals surface area contributed by atoms with Gasteiger partial charge in [-0.05, 0) is 44.9 Å². The van der Waals surface area contributed by atoms with Crippen LogP contribution in [0.15, 0.2) is 30.3 Å². The summed E-state index contributed by atoms with van der Waals surface area (Å²) in [6.45, 7) is 5.92. The first-order chi connectivity index (χ1) is 9.78. The first kappa shape index (κ1) is 16.8. The fourth-order valence-corrected chi connectivity index (χ4v) is 1.53. The van der Waals surface area contributed by atoms with Crippen molar-refractivity contribution in [1.29, 1.82) is 0 Å². The molecule has 1 aromatic carbocycles. The van der Waals surface area contributed by atoms with Crippen molar-refractivity contribution >= 4 is 18.1 Å². The molecule has 0 heterocycles. The number of alkyl carbamates (subject to hydrolysis) is 1. The van der Waals surface area contributed by atoms with Crippen LogP contribution in [0.3, 0.4) is 0 Å². The number of carboxylic acids is 1. The van der Waals surface area contributed by atoms with E-state index in [-0.39, 0.29) is 5.56 Å². The zero-order valence-electron chi connectivity index (χ0n) is 12.6. The molecule has 0 fully saturated rings. The first-order valence-corrected chi connectivity index (χ1v) is 6.75. The normalized spacial score (nSPS) is 11.4. The van der Waals surface area contributed by atoms with E-state index in [9.17, 15) is 9.59 Å². The van der Waals surface area contributed by atoms with Crippen LogP contribution in [0.2, 0.25) is 0 Å². The van der Waals surface area contributed by atoms with E-state index in [2.05, 4.69) is 5.32 Å². The molecule has 1 aromatic rings. The van der Waals surface area contributed by atoms with Gasteiger partial charge in [-0.15, -0.1) is 0 Å². The molecule has 2 N–H and O–H groups in total. The third kappa shape index (κ3) is 7.15. The molecule has 0 saturated carbocycles. The number of amides is 1. The van der Waals surface area contributed by atoms with Crippen LogP contribution in [0.4, 0.5) is 4.79 Å². The second-order valence-electron chi connectivity index (χ2n) is 5.55. The summed E-state index contributed by atoms with van der Waals surface area (Å²) in [7, 11) is 0. The molecule has 0 aromatic heterocycles. The minimum atomic E-state index is -0.938. The highest BCUT2D eigenvalue weighted by Crippen LogP contribution is 2.07. The van der Waals surface area contributed by atoms with Gasteiger partial charge in [0.05, 0.1) is 5.56 Å². The second-order valence-corrected chi connectivity index (χ2v) is 5.55. The molecule has 0 radical (unpaired) electrons. The number of carboxylic acid groups (broad SMARTS) is 1. The lowest BCUT2D eigenvalue weighted by molar-refractivity contribution is 0.0528. The highest BCUT2D eigenvalue weighted by Gasteiger charge is 2.15. The van der Waals surface area contributed by atoms with E-state index in [1.807, 2.05) is 32.9 Å². The first-order valence-electron chi connectivity index (χ1n) is 6.75. The van der Waals surface area contributed by atoms with Gasteiger partial charge in [0, 0.05) is 6.54 Å². The largest absolute Gasteiger partial charge is 0.478 e. The molecule has 1 rings (SSSR count). The Labute approximate surface area is 124 Å². The van der Waals surface area contributed by atoms with E-state index in [4.69, 9.17) is 9.84 Å². The van der Waals surface area contributed by atoms with Gasteiger partial charge < -0.3 is 15.2 Å². The molecule has 0 bridgehead atoms. The minimum absolute atomic E-state index is 0.263. The summed E-state index contributed by atoms with van der Waals surface area (Å²) in [4.78, 5) is 22.1. The van der Waals surface area contributed by atoms with Crippen LogP contribution >= 0.6 is 0 Å². The predicted molar refractivity (Wildman–Crippen MR) is 81.3 cm³/mol. The number of ether oxygens (including phenoxy) is 1. The molecule has 0 aliphatic rings. The molecule has 114 valence electrons. The minimum Gasteiger partial charge on any atom is -0.478 e. The van der Waals surface area contributed by atoms with Crippen LogP contribution in [-0.2, 0) is 4.74 Å². The summed E-state index contributed by atoms with van der Waals surface area (Å²) in [5, 5.41) is 11.4. The molecule has 0 saturated heterocycles. The van der Waals surface area contributed by atoms with Gasteiger partial charge in [0.2, 0.25) is 0 Å². The van der Waals surface area contributed by atoms with Crippen molar-refractivity contribution in [3.63, 3.8) is 0 Å². The molecular formula is C16H21NO4. The number of aromatic carboxylic acids is 1. The summed E-state index contributed by atoms with van der Waals surface area (Å²) in [5.41, 5.74) is 0.683. The average Bonchev–Trinajstić information content (AvgIpc) is 2.36. The fraction of sp³-hybridized carbons (Fsp3) is 0.375. The van der Waals surface area contributed by atoms with E-state index in [1.54, 1.807) is 24.3 Å². The molecule has 0 unspecified atom stereocenters. The second kappa shape index (κ2) is 7.47. The van der Waals surface area contributed by atoms with Crippen molar-refractivity contribution < 1.29 is 19.4 Å². The monoisotopic (exact) mass is 291 g/mol. The zero-order valence-corrected chi connectivity index (χ0v) is 12.6. The van der Waals surface area contributed by atoms with E-state index in [0.717, 1.165) is 5.56 Å². The van der Waals surface area contributed by atoms with Gasteiger partial charge in [-0.1, -0.05) is 24.3 Å². The Hall–Kier alpha value is -2.30. The molecule has 0 aliphatic heterocycles. The van der Waals surface area contributed by atoms with Crippen LogP contribution in [0.25, 0.3) is 6.08 Å². The molecule has 0 spiro atoms. The summed E-state index contributed by atoms with van der Waals surface area (Å²) in [5.74, 6) is -0.938. The maximum Gasteiger partial charge on any atom is 0.407 e. The van der Waals surface area contributed by atoms with Crippen molar-refractivity contribution in [1.82, 2.24) is 5.32 Å². The summed E-state index contributed by atoms with van der Waals surface area (Å²) < 4.78 is 5.11. The van der Waals surface area contributed by atoms with Crippen molar-refractivity contribution in [2.45, 2.75) is 32.8 Å². The Kier molecular flexibility index (Phi) is 5.96. The number of hydrogen-bond acceptors (Lipinski definition) is 3. The van der Waals surface area contributed by atoms with Crippen molar-refractivity contribution in [2.24, 2.45) is 0 Å². The molecule has 5 nitrogen and oxygen atoms in total. The number of hydrogen-bond donors (Lipinski definition) is 2. The van der Waals surface area contributed by atoms with Crippen molar-refractivity contribution in [2.75, 3.05) is 6.54 Å². The lowest BCUT2D eigenvalue weighted by Crippen LogP contribution is -2.32. The van der Waals surface area contributed by atoms with Crippen LogP contribution in [0.5, 0.6) is 0 Å². The zero-order chi connectivity index (χ0) is 15.9. The number of rotatable bonds is 5. The number of carbonyl (C=O) groups excluding carboxylic acids is 1. The molecular weight excluding hydrogens is 270 g/mol. The number of benzene rings is 1. The van der Waals surface area contributed by atoms with Gasteiger partial charge in [-0.25, -0.2) is 9.59 Å². The van der Waals surface area contributed by atoms with Crippen LogP contribution in [0, 0.1) is 0 Å². The Balaban J connectivity index is 2.32. The molecule has 21 heavy (non-hydrogen) atoms. The standard InChI is InChI=1S/C16H21NO4/c1-16(2,3)21-15(20)17-11-5-4-6-12-7-9-13(10-8-12)14(18)19/h4,6-10H,5,11H2,1-3H3,(H,17,20)(H,18,19). The Bertz CT molecular complexity index is 512. The molecule has 1 amide bonds. The van der Waals surface area contributed by atoms with Crippen molar-refractivity contribution in [3.05, 3.63) is 41.5 Å². The summed E-state index contributed by atoms with van der Waals surface area (Å²) in [6.07, 6.45) is 4.02. The highest BCUT2D eigenvalue weighted by atomic mass is 16.6. The lowest BCUT2D eigenvalue weighted by atomic mass is 10.1. The molecule has 0 atom stereocenters. The Morgan fingerprint density at radius 2 is 1.86 bits per heavy atom. The van der Waals surface area contributed by atoms with Crippen LogP contribution in [-0.4, -0.2) is 29.3 Å². The van der Waals surface area contributed by atoms with Gasteiger partial charge in [-0.3, -0.25) is 0 Å². The van der Waals surface area contributed by atoms with Crippen molar-refractivity contribution in [3.8, 4) is 0 Å². The highest BCUT2D eigenvalue weighted by molar-refractivity contribution is 5.87. The number of carbonyl (C=O) groups is 2. The molecule has 5 heteroatoms. The maximum absolute atomic E-state index is 11.4. The predicted octanol–water partition coefficient (Wildman–Crippen LogP) is 3.31. The van der Waals surface area contributed by atoms with E-state index >= 15 is 0 Å². The Morgan fingerprint density at radius 3 is 2.38 bits per heavy atom. The third-order valence-corrected chi connectivity index (χ3v) is 2.45. The SMILES string of the molecule is CC(C)(C)OC(=O)NCCC=Cc1ccc(C(=O)O)cc1. The quantitative estimate of drug-likeness (QED) is 0.816. The summed E-state index contributed by atoms with van der Waals surface area (Å²) in [6, 6.07) is 6.59. The van der Waals surface area contributed by atoms with Gasteiger partial charge >= 0.3 is 12.1 Å². The van der Waals surface area contributed by atoms with Gasteiger partial charge in [0.25, 0.3) is 0 Å². The van der Waals surface area contributed by atoms with Crippen LogP contribution < -0.4 is 5.32 Å². The van der Waals surface area contributed by atoms with Gasteiger partial charge in [0.1, 0.15) is 5.60 Å². The maximum atomic E-state index is 11.4. The van der Waals surface area contributed by atoms with E-state index < -0.39 is 17.7 Å². The smallest absolute Gasteiger partial charge is 0.407 e. The summed E-state index contributed by atoms with van der Waals surface area (Å²) >= 11 is 0. The third-order valence-electron chi connectivity index (χ3n) is 2.45. The van der Waals surface area contributed by atoms with Gasteiger partial charge in [0.15, 0.2) is 0 Å².